The number of unbranched alkanes of at least 4 members (excludes halogenated alkanes) is 5. The second kappa shape index (κ2) is 8.45. The minimum Gasteiger partial charge on any atom is -0.310 e. The van der Waals surface area contributed by atoms with Crippen LogP contribution < -0.4 is 16.1 Å². The van der Waals surface area contributed by atoms with Gasteiger partial charge in [-0.15, -0.1) is 0 Å². The molecule has 4 rings (SSSR count). The summed E-state index contributed by atoms with van der Waals surface area (Å²) in [6.07, 6.45) is 6.55. The van der Waals surface area contributed by atoms with Crippen molar-refractivity contribution < 1.29 is 4.39 Å². The first-order chi connectivity index (χ1) is 14.5. The van der Waals surface area contributed by atoms with Gasteiger partial charge in [0.05, 0.1) is 0 Å². The summed E-state index contributed by atoms with van der Waals surface area (Å²) in [4.78, 5) is 32.6. The molecule has 0 amide bonds. The molecule has 1 aromatic carbocycles. The van der Waals surface area contributed by atoms with Crippen LogP contribution in [0.15, 0.2) is 33.9 Å². The second-order valence-electron chi connectivity index (χ2n) is 7.93. The van der Waals surface area contributed by atoms with Crippen molar-refractivity contribution in [2.24, 2.45) is 7.05 Å². The molecule has 0 spiro atoms. The van der Waals surface area contributed by atoms with Crippen molar-refractivity contribution in [3.05, 3.63) is 50.9 Å². The quantitative estimate of drug-likeness (QED) is 0.530. The Hall–Kier alpha value is -2.90. The molecule has 3 aromatic rings. The van der Waals surface area contributed by atoms with Crippen LogP contribution in [0.2, 0.25) is 0 Å². The van der Waals surface area contributed by atoms with Crippen LogP contribution in [0.3, 0.4) is 0 Å². The monoisotopic (exact) mass is 413 g/mol. The Kier molecular flexibility index (Phi) is 5.74. The molecule has 0 radical (unpaired) electrons. The summed E-state index contributed by atoms with van der Waals surface area (Å²) in [6, 6.07) is 6.20. The fourth-order valence-corrected chi connectivity index (χ4v) is 4.19. The number of anilines is 2. The molecule has 3 heterocycles. The lowest BCUT2D eigenvalue weighted by molar-refractivity contribution is 0.526. The fraction of sp³-hybridized carbons (Fsp3) is 0.500. The molecule has 1 aliphatic heterocycles. The lowest BCUT2D eigenvalue weighted by atomic mass is 10.1. The van der Waals surface area contributed by atoms with E-state index >= 15 is 0 Å². The van der Waals surface area contributed by atoms with Crippen molar-refractivity contribution in [1.29, 1.82) is 0 Å². The van der Waals surface area contributed by atoms with Crippen molar-refractivity contribution in [3.63, 3.8) is 0 Å². The number of hydrogen-bond donors (Lipinski definition) is 0. The van der Waals surface area contributed by atoms with Crippen LogP contribution in [-0.2, 0) is 20.1 Å². The van der Waals surface area contributed by atoms with Gasteiger partial charge in [-0.25, -0.2) is 9.18 Å². The standard InChI is InChI=1S/C22H28FN5O2/c1-3-4-5-6-7-8-13-28-20(29)18-19(25(2)22(28)30)24-21-26(14-15-27(18)21)17-11-9-16(23)10-12-17/h9-12H,3-8,13-15H2,1-2H3. The number of aryl methyl sites for hydroxylation is 1. The lowest BCUT2D eigenvalue weighted by Crippen LogP contribution is -2.39. The summed E-state index contributed by atoms with van der Waals surface area (Å²) < 4.78 is 18.0. The number of halogens is 1. The molecule has 0 atom stereocenters. The minimum absolute atomic E-state index is 0.277. The van der Waals surface area contributed by atoms with Gasteiger partial charge in [0.25, 0.3) is 5.56 Å². The number of rotatable bonds is 8. The molecule has 2 aromatic heterocycles. The fourth-order valence-electron chi connectivity index (χ4n) is 4.19. The van der Waals surface area contributed by atoms with Crippen molar-refractivity contribution in [2.75, 3.05) is 11.4 Å². The van der Waals surface area contributed by atoms with E-state index in [4.69, 9.17) is 0 Å². The molecule has 0 aliphatic carbocycles. The van der Waals surface area contributed by atoms with E-state index in [0.29, 0.717) is 36.7 Å². The van der Waals surface area contributed by atoms with Crippen LogP contribution in [0, 0.1) is 5.82 Å². The van der Waals surface area contributed by atoms with Gasteiger partial charge >= 0.3 is 5.69 Å². The molecule has 0 unspecified atom stereocenters. The van der Waals surface area contributed by atoms with Gasteiger partial charge in [0.2, 0.25) is 5.95 Å². The smallest absolute Gasteiger partial charge is 0.310 e. The number of benzene rings is 1. The lowest BCUT2D eigenvalue weighted by Gasteiger charge is -2.15. The van der Waals surface area contributed by atoms with Crippen molar-refractivity contribution >= 4 is 22.8 Å². The van der Waals surface area contributed by atoms with E-state index < -0.39 is 0 Å². The number of hydrogen-bond acceptors (Lipinski definition) is 4. The largest absolute Gasteiger partial charge is 0.332 e. The first-order valence-electron chi connectivity index (χ1n) is 10.8. The van der Waals surface area contributed by atoms with Gasteiger partial charge in [0.1, 0.15) is 5.82 Å². The maximum Gasteiger partial charge on any atom is 0.332 e. The van der Waals surface area contributed by atoms with Crippen molar-refractivity contribution in [2.45, 2.75) is 58.5 Å². The van der Waals surface area contributed by atoms with Gasteiger partial charge in [0, 0.05) is 32.4 Å². The molecular weight excluding hydrogens is 385 g/mol. The first kappa shape index (κ1) is 20.4. The molecule has 7 nitrogen and oxygen atoms in total. The van der Waals surface area contributed by atoms with Crippen LogP contribution in [0.1, 0.15) is 45.4 Å². The zero-order chi connectivity index (χ0) is 21.3. The summed E-state index contributed by atoms with van der Waals surface area (Å²) in [7, 11) is 1.66. The predicted octanol–water partition coefficient (Wildman–Crippen LogP) is 3.55. The van der Waals surface area contributed by atoms with Gasteiger partial charge < -0.3 is 9.47 Å². The summed E-state index contributed by atoms with van der Waals surface area (Å²) >= 11 is 0. The highest BCUT2D eigenvalue weighted by Gasteiger charge is 2.28. The zero-order valence-electron chi connectivity index (χ0n) is 17.6. The molecule has 0 N–H and O–H groups in total. The molecule has 160 valence electrons. The summed E-state index contributed by atoms with van der Waals surface area (Å²) in [5, 5.41) is 0. The molecule has 8 heteroatoms. The Labute approximate surface area is 174 Å². The van der Waals surface area contributed by atoms with Gasteiger partial charge in [-0.1, -0.05) is 39.0 Å². The van der Waals surface area contributed by atoms with Crippen LogP contribution >= 0.6 is 0 Å². The number of nitrogens with zero attached hydrogens (tertiary/aromatic N) is 5. The van der Waals surface area contributed by atoms with Gasteiger partial charge in [0.15, 0.2) is 11.2 Å². The zero-order valence-corrected chi connectivity index (χ0v) is 17.6. The highest BCUT2D eigenvalue weighted by Crippen LogP contribution is 2.31. The Balaban J connectivity index is 1.67. The van der Waals surface area contributed by atoms with E-state index in [9.17, 15) is 14.0 Å². The molecule has 0 bridgehead atoms. The average Bonchev–Trinajstić information content (AvgIpc) is 3.31. The third kappa shape index (κ3) is 3.55. The van der Waals surface area contributed by atoms with Crippen molar-refractivity contribution in [1.82, 2.24) is 18.7 Å². The van der Waals surface area contributed by atoms with E-state index in [-0.39, 0.29) is 17.1 Å². The van der Waals surface area contributed by atoms with Gasteiger partial charge in [-0.2, -0.15) is 4.98 Å². The maximum atomic E-state index is 13.3. The van der Waals surface area contributed by atoms with E-state index in [1.807, 2.05) is 9.47 Å². The molecule has 0 saturated carbocycles. The van der Waals surface area contributed by atoms with Crippen LogP contribution in [0.25, 0.3) is 11.2 Å². The maximum absolute atomic E-state index is 13.3. The highest BCUT2D eigenvalue weighted by atomic mass is 19.1. The topological polar surface area (TPSA) is 65.1 Å². The first-order valence-corrected chi connectivity index (χ1v) is 10.8. The van der Waals surface area contributed by atoms with Gasteiger partial charge in [-0.3, -0.25) is 13.9 Å². The average molecular weight is 413 g/mol. The number of imidazole rings is 1. The van der Waals surface area contributed by atoms with Crippen LogP contribution in [0.4, 0.5) is 16.0 Å². The summed E-state index contributed by atoms with van der Waals surface area (Å²) in [6.45, 7) is 3.84. The Morgan fingerprint density at radius 2 is 1.70 bits per heavy atom. The van der Waals surface area contributed by atoms with Crippen molar-refractivity contribution in [3.8, 4) is 0 Å². The third-order valence-electron chi connectivity index (χ3n) is 5.87. The predicted molar refractivity (Wildman–Crippen MR) is 116 cm³/mol. The number of fused-ring (bicyclic) bond motifs is 3. The molecule has 0 fully saturated rings. The van der Waals surface area contributed by atoms with E-state index in [1.165, 1.54) is 40.5 Å². The van der Waals surface area contributed by atoms with Gasteiger partial charge in [-0.05, 0) is 30.7 Å². The Bertz CT molecular complexity index is 1160. The summed E-state index contributed by atoms with van der Waals surface area (Å²) in [5.41, 5.74) is 1.06. The minimum atomic E-state index is -0.328. The third-order valence-corrected chi connectivity index (χ3v) is 5.87. The highest BCUT2D eigenvalue weighted by molar-refractivity contribution is 5.77. The van der Waals surface area contributed by atoms with Crippen LogP contribution in [0.5, 0.6) is 0 Å². The van der Waals surface area contributed by atoms with Crippen LogP contribution in [-0.4, -0.2) is 25.2 Å². The normalized spacial score (nSPS) is 13.4. The number of aromatic nitrogens is 4. The van der Waals surface area contributed by atoms with E-state index in [0.717, 1.165) is 24.9 Å². The van der Waals surface area contributed by atoms with E-state index in [1.54, 1.807) is 19.2 Å². The Morgan fingerprint density at radius 3 is 2.43 bits per heavy atom. The SMILES string of the molecule is CCCCCCCCn1c(=O)c2c(nc3n2CCN3c2ccc(F)cc2)n(C)c1=O. The molecule has 0 saturated heterocycles. The summed E-state index contributed by atoms with van der Waals surface area (Å²) in [5.74, 6) is 0.312. The van der Waals surface area contributed by atoms with E-state index in [2.05, 4.69) is 11.9 Å². The Morgan fingerprint density at radius 1 is 1.00 bits per heavy atom. The second-order valence-corrected chi connectivity index (χ2v) is 7.93. The molecular formula is C22H28FN5O2. The molecule has 30 heavy (non-hydrogen) atoms. The molecule has 1 aliphatic rings.